The van der Waals surface area contributed by atoms with Crippen LogP contribution in [0, 0.1) is 11.8 Å². The van der Waals surface area contributed by atoms with E-state index >= 15 is 0 Å². The van der Waals surface area contributed by atoms with Gasteiger partial charge in [0, 0.05) is 13.0 Å². The maximum atomic E-state index is 10.5. The SMILES string of the molecule is CCC.CCC[C@H](CC(C)C)OC=O.CNC(=O)C1CC1. The summed E-state index contributed by atoms with van der Waals surface area (Å²) in [6.07, 6.45) is 6.62. The first-order valence-electron chi connectivity index (χ1n) is 8.27. The Morgan fingerprint density at radius 1 is 1.29 bits per heavy atom. The molecule has 1 atom stereocenters. The highest BCUT2D eigenvalue weighted by Gasteiger charge is 2.28. The van der Waals surface area contributed by atoms with E-state index in [1.165, 1.54) is 6.42 Å². The third-order valence-electron chi connectivity index (χ3n) is 2.79. The zero-order valence-corrected chi connectivity index (χ0v) is 14.8. The fourth-order valence-corrected chi connectivity index (χ4v) is 1.72. The first-order chi connectivity index (χ1) is 9.96. The molecule has 1 aliphatic rings. The Bertz CT molecular complexity index is 250. The Kier molecular flexibility index (Phi) is 16.2. The zero-order chi connectivity index (χ0) is 16.7. The van der Waals surface area contributed by atoms with Crippen molar-refractivity contribution in [2.75, 3.05) is 7.05 Å². The maximum absolute atomic E-state index is 10.5. The molecule has 0 aromatic carbocycles. The number of hydrogen-bond donors (Lipinski definition) is 1. The quantitative estimate of drug-likeness (QED) is 0.725. The number of nitrogens with one attached hydrogen (secondary N) is 1. The molecule has 1 amide bonds. The summed E-state index contributed by atoms with van der Waals surface area (Å²) in [4.78, 5) is 20.5. The third-order valence-corrected chi connectivity index (χ3v) is 2.79. The van der Waals surface area contributed by atoms with Gasteiger partial charge in [-0.15, -0.1) is 0 Å². The minimum absolute atomic E-state index is 0.137. The number of hydrogen-bond acceptors (Lipinski definition) is 3. The number of rotatable bonds is 7. The summed E-state index contributed by atoms with van der Waals surface area (Å²) in [5, 5.41) is 2.59. The van der Waals surface area contributed by atoms with Crippen LogP contribution >= 0.6 is 0 Å². The van der Waals surface area contributed by atoms with E-state index in [4.69, 9.17) is 4.74 Å². The number of carbonyl (C=O) groups excluding carboxylic acids is 2. The summed E-state index contributed by atoms with van der Waals surface area (Å²) in [6, 6.07) is 0. The lowest BCUT2D eigenvalue weighted by molar-refractivity contribution is -0.134. The lowest BCUT2D eigenvalue weighted by Gasteiger charge is -2.15. The molecule has 1 N–H and O–H groups in total. The molecule has 4 nitrogen and oxygen atoms in total. The molecular formula is C17H35NO3. The molecule has 4 heteroatoms. The molecule has 0 unspecified atom stereocenters. The van der Waals surface area contributed by atoms with E-state index < -0.39 is 0 Å². The van der Waals surface area contributed by atoms with Gasteiger partial charge < -0.3 is 10.1 Å². The van der Waals surface area contributed by atoms with Crippen molar-refractivity contribution in [1.29, 1.82) is 0 Å². The predicted octanol–water partition coefficient (Wildman–Crippen LogP) is 3.93. The summed E-state index contributed by atoms with van der Waals surface area (Å²) in [5.74, 6) is 1.18. The molecule has 0 radical (unpaired) electrons. The summed E-state index contributed by atoms with van der Waals surface area (Å²) in [7, 11) is 1.68. The lowest BCUT2D eigenvalue weighted by atomic mass is 10.0. The Balaban J connectivity index is 0. The van der Waals surface area contributed by atoms with Crippen molar-refractivity contribution in [3.63, 3.8) is 0 Å². The Hall–Kier alpha value is -1.06. The van der Waals surface area contributed by atoms with Gasteiger partial charge in [-0.05, 0) is 31.6 Å². The van der Waals surface area contributed by atoms with Crippen molar-refractivity contribution < 1.29 is 14.3 Å². The second kappa shape index (κ2) is 15.3. The minimum atomic E-state index is 0.137. The molecule has 1 rings (SSSR count). The highest BCUT2D eigenvalue weighted by molar-refractivity contribution is 5.80. The van der Waals surface area contributed by atoms with Gasteiger partial charge in [0.15, 0.2) is 0 Å². The zero-order valence-electron chi connectivity index (χ0n) is 14.8. The molecule has 1 fully saturated rings. The normalized spacial score (nSPS) is 14.0. The highest BCUT2D eigenvalue weighted by Crippen LogP contribution is 2.28. The van der Waals surface area contributed by atoms with Crippen LogP contribution in [0.5, 0.6) is 0 Å². The van der Waals surface area contributed by atoms with Gasteiger partial charge in [-0.3, -0.25) is 9.59 Å². The molecule has 1 saturated carbocycles. The summed E-state index contributed by atoms with van der Waals surface area (Å²) in [6.45, 7) is 11.2. The van der Waals surface area contributed by atoms with Crippen LogP contribution in [0.15, 0.2) is 0 Å². The monoisotopic (exact) mass is 301 g/mol. The topological polar surface area (TPSA) is 55.4 Å². The molecular weight excluding hydrogens is 266 g/mol. The van der Waals surface area contributed by atoms with Crippen LogP contribution in [0.25, 0.3) is 0 Å². The fourth-order valence-electron chi connectivity index (χ4n) is 1.72. The van der Waals surface area contributed by atoms with Crippen LogP contribution in [0.4, 0.5) is 0 Å². The second-order valence-electron chi connectivity index (χ2n) is 5.87. The number of ether oxygens (including phenoxy) is 1. The van der Waals surface area contributed by atoms with Crippen LogP contribution < -0.4 is 5.32 Å². The lowest BCUT2D eigenvalue weighted by Crippen LogP contribution is -2.18. The summed E-state index contributed by atoms with van der Waals surface area (Å²) in [5.41, 5.74) is 0. The molecule has 0 aliphatic heterocycles. The van der Waals surface area contributed by atoms with E-state index in [0.29, 0.717) is 18.3 Å². The fraction of sp³-hybridized carbons (Fsp3) is 0.882. The van der Waals surface area contributed by atoms with Gasteiger partial charge in [0.1, 0.15) is 6.10 Å². The van der Waals surface area contributed by atoms with E-state index in [0.717, 1.165) is 32.1 Å². The van der Waals surface area contributed by atoms with E-state index in [1.807, 2.05) is 0 Å². The van der Waals surface area contributed by atoms with Crippen LogP contribution in [0.2, 0.25) is 0 Å². The van der Waals surface area contributed by atoms with Gasteiger partial charge >= 0.3 is 0 Å². The Morgan fingerprint density at radius 3 is 2.05 bits per heavy atom. The Morgan fingerprint density at radius 2 is 1.81 bits per heavy atom. The van der Waals surface area contributed by atoms with E-state index in [9.17, 15) is 9.59 Å². The van der Waals surface area contributed by atoms with Crippen molar-refractivity contribution in [3.05, 3.63) is 0 Å². The van der Waals surface area contributed by atoms with Crippen LogP contribution in [0.3, 0.4) is 0 Å². The van der Waals surface area contributed by atoms with E-state index in [1.54, 1.807) is 7.05 Å². The second-order valence-corrected chi connectivity index (χ2v) is 5.87. The van der Waals surface area contributed by atoms with Gasteiger partial charge in [-0.1, -0.05) is 47.5 Å². The molecule has 0 aromatic rings. The summed E-state index contributed by atoms with van der Waals surface area (Å²) < 4.78 is 4.91. The van der Waals surface area contributed by atoms with Crippen molar-refractivity contribution in [1.82, 2.24) is 5.32 Å². The predicted molar refractivity (Wildman–Crippen MR) is 88.1 cm³/mol. The molecule has 126 valence electrons. The average molecular weight is 301 g/mol. The first-order valence-corrected chi connectivity index (χ1v) is 8.27. The van der Waals surface area contributed by atoms with Crippen molar-refractivity contribution >= 4 is 12.4 Å². The van der Waals surface area contributed by atoms with Crippen molar-refractivity contribution in [2.24, 2.45) is 11.8 Å². The average Bonchev–Trinajstić information content (AvgIpc) is 3.24. The maximum Gasteiger partial charge on any atom is 0.293 e. The van der Waals surface area contributed by atoms with E-state index in [2.05, 4.69) is 39.9 Å². The van der Waals surface area contributed by atoms with Crippen LogP contribution in [-0.4, -0.2) is 25.5 Å². The van der Waals surface area contributed by atoms with Gasteiger partial charge in [-0.2, -0.15) is 0 Å². The minimum Gasteiger partial charge on any atom is -0.465 e. The third kappa shape index (κ3) is 16.9. The molecule has 1 aliphatic carbocycles. The Labute approximate surface area is 131 Å². The molecule has 0 saturated heterocycles. The number of carbonyl (C=O) groups is 2. The van der Waals surface area contributed by atoms with Gasteiger partial charge in [0.25, 0.3) is 6.47 Å². The van der Waals surface area contributed by atoms with Crippen molar-refractivity contribution in [3.8, 4) is 0 Å². The standard InChI is InChI=1S/C9H18O2.C5H9NO.C3H8/c1-4-5-9(11-7-10)6-8(2)3;1-6-5(7)4-2-3-4;1-3-2/h7-9H,4-6H2,1-3H3;4H,2-3H2,1H3,(H,6,7);3H2,1-2H3/t9-;;/m1../s1. The molecule has 0 bridgehead atoms. The molecule has 0 aromatic heterocycles. The molecule has 0 spiro atoms. The smallest absolute Gasteiger partial charge is 0.293 e. The van der Waals surface area contributed by atoms with Gasteiger partial charge in [0.05, 0.1) is 0 Å². The van der Waals surface area contributed by atoms with Crippen LogP contribution in [-0.2, 0) is 14.3 Å². The van der Waals surface area contributed by atoms with Gasteiger partial charge in [0.2, 0.25) is 5.91 Å². The van der Waals surface area contributed by atoms with Crippen LogP contribution in [0.1, 0.15) is 73.1 Å². The highest BCUT2D eigenvalue weighted by atomic mass is 16.5. The van der Waals surface area contributed by atoms with E-state index in [-0.39, 0.29) is 12.0 Å². The van der Waals surface area contributed by atoms with Gasteiger partial charge in [-0.25, -0.2) is 0 Å². The van der Waals surface area contributed by atoms with Crippen molar-refractivity contribution in [2.45, 2.75) is 79.2 Å². The first kappa shape index (κ1) is 22.2. The molecule has 21 heavy (non-hydrogen) atoms. The largest absolute Gasteiger partial charge is 0.465 e. The molecule has 0 heterocycles. The summed E-state index contributed by atoms with van der Waals surface area (Å²) >= 11 is 0. The number of amides is 1.